The number of nitrogens with zero attached hydrogens (tertiary/aromatic N) is 3. The van der Waals surface area contributed by atoms with Gasteiger partial charge in [0.25, 0.3) is 0 Å². The van der Waals surface area contributed by atoms with Gasteiger partial charge >= 0.3 is 0 Å². The molecule has 20 heavy (non-hydrogen) atoms. The summed E-state index contributed by atoms with van der Waals surface area (Å²) >= 11 is 0. The Balaban J connectivity index is 1.83. The molecule has 0 spiro atoms. The van der Waals surface area contributed by atoms with E-state index in [9.17, 15) is 0 Å². The summed E-state index contributed by atoms with van der Waals surface area (Å²) in [6.45, 7) is 6.30. The van der Waals surface area contributed by atoms with E-state index in [-0.39, 0.29) is 0 Å². The topological polar surface area (TPSA) is 42.2 Å². The van der Waals surface area contributed by atoms with Gasteiger partial charge in [-0.2, -0.15) is 0 Å². The van der Waals surface area contributed by atoms with Gasteiger partial charge in [-0.25, -0.2) is 0 Å². The Morgan fingerprint density at radius 1 is 1.35 bits per heavy atom. The second-order valence-electron chi connectivity index (χ2n) is 5.44. The molecule has 0 saturated carbocycles. The van der Waals surface area contributed by atoms with Gasteiger partial charge in [0.2, 0.25) is 0 Å². The van der Waals surface area contributed by atoms with Crippen LogP contribution < -0.4 is 0 Å². The second kappa shape index (κ2) is 5.75. The van der Waals surface area contributed by atoms with E-state index in [2.05, 4.69) is 41.0 Å². The number of hydrogen-bond donors (Lipinski definition) is 0. The molecule has 0 unspecified atom stereocenters. The molecule has 0 bridgehead atoms. The van der Waals surface area contributed by atoms with Gasteiger partial charge in [0.1, 0.15) is 5.76 Å². The van der Waals surface area contributed by atoms with Crippen LogP contribution in [0.15, 0.2) is 29.0 Å². The zero-order valence-corrected chi connectivity index (χ0v) is 12.2. The Labute approximate surface area is 119 Å². The Morgan fingerprint density at radius 3 is 2.90 bits per heavy atom. The highest BCUT2D eigenvalue weighted by Crippen LogP contribution is 2.36. The minimum absolute atomic E-state index is 0.448. The van der Waals surface area contributed by atoms with Crippen molar-refractivity contribution in [2.75, 3.05) is 6.54 Å². The number of rotatable bonds is 4. The summed E-state index contributed by atoms with van der Waals surface area (Å²) in [5.74, 6) is 1.05. The average Bonchev–Trinajstić information content (AvgIpc) is 3.06. The normalized spacial score (nSPS) is 19.6. The summed E-state index contributed by atoms with van der Waals surface area (Å²) in [6, 6.07) is 4.64. The van der Waals surface area contributed by atoms with Crippen molar-refractivity contribution in [1.82, 2.24) is 15.0 Å². The standard InChI is InChI=1S/C16H21N3O/c1-3-15-16(12(2)18-20-15)14-5-4-10-19(14)11-13-6-8-17-9-7-13/h6-9,14H,3-5,10-11H2,1-2H3/t14-/m1/s1. The molecule has 2 aromatic rings. The molecule has 1 aliphatic rings. The fourth-order valence-electron chi connectivity index (χ4n) is 3.17. The third kappa shape index (κ3) is 2.48. The highest BCUT2D eigenvalue weighted by atomic mass is 16.5. The molecule has 0 aromatic carbocycles. The third-order valence-electron chi connectivity index (χ3n) is 4.14. The molecule has 0 N–H and O–H groups in total. The lowest BCUT2D eigenvalue weighted by Crippen LogP contribution is -2.23. The molecule has 3 rings (SSSR count). The lowest BCUT2D eigenvalue weighted by molar-refractivity contribution is 0.245. The Kier molecular flexibility index (Phi) is 3.83. The number of hydrogen-bond acceptors (Lipinski definition) is 4. The maximum Gasteiger partial charge on any atom is 0.141 e. The van der Waals surface area contributed by atoms with Crippen LogP contribution in [0.3, 0.4) is 0 Å². The van der Waals surface area contributed by atoms with Crippen LogP contribution in [0, 0.1) is 6.92 Å². The monoisotopic (exact) mass is 271 g/mol. The molecule has 0 radical (unpaired) electrons. The van der Waals surface area contributed by atoms with Gasteiger partial charge in [-0.05, 0) is 44.0 Å². The summed E-state index contributed by atoms with van der Waals surface area (Å²) < 4.78 is 5.47. The van der Waals surface area contributed by atoms with E-state index in [1.165, 1.54) is 24.0 Å². The van der Waals surface area contributed by atoms with Gasteiger partial charge in [-0.15, -0.1) is 0 Å². The van der Waals surface area contributed by atoms with Crippen LogP contribution in [0.4, 0.5) is 0 Å². The average molecular weight is 271 g/mol. The van der Waals surface area contributed by atoms with E-state index in [1.54, 1.807) is 0 Å². The fraction of sp³-hybridized carbons (Fsp3) is 0.500. The molecule has 1 aliphatic heterocycles. The zero-order valence-electron chi connectivity index (χ0n) is 12.2. The molecular weight excluding hydrogens is 250 g/mol. The number of likely N-dealkylation sites (tertiary alicyclic amines) is 1. The van der Waals surface area contributed by atoms with Crippen molar-refractivity contribution >= 4 is 0 Å². The number of pyridine rings is 1. The molecule has 4 heteroatoms. The Bertz CT molecular complexity index is 564. The molecule has 3 heterocycles. The molecule has 1 atom stereocenters. The molecular formula is C16H21N3O. The quantitative estimate of drug-likeness (QED) is 0.856. The fourth-order valence-corrected chi connectivity index (χ4v) is 3.17. The van der Waals surface area contributed by atoms with Crippen molar-refractivity contribution in [1.29, 1.82) is 0 Å². The highest BCUT2D eigenvalue weighted by Gasteiger charge is 2.31. The summed E-state index contributed by atoms with van der Waals surface area (Å²) in [7, 11) is 0. The largest absolute Gasteiger partial charge is 0.361 e. The molecule has 4 nitrogen and oxygen atoms in total. The zero-order chi connectivity index (χ0) is 13.9. The van der Waals surface area contributed by atoms with Crippen molar-refractivity contribution in [2.24, 2.45) is 0 Å². The van der Waals surface area contributed by atoms with Gasteiger partial charge in [-0.3, -0.25) is 9.88 Å². The van der Waals surface area contributed by atoms with Gasteiger partial charge < -0.3 is 4.52 Å². The van der Waals surface area contributed by atoms with E-state index in [1.807, 2.05) is 12.4 Å². The van der Waals surface area contributed by atoms with E-state index in [0.29, 0.717) is 6.04 Å². The minimum atomic E-state index is 0.448. The molecule has 0 amide bonds. The maximum absolute atomic E-state index is 5.47. The smallest absolute Gasteiger partial charge is 0.141 e. The third-order valence-corrected chi connectivity index (χ3v) is 4.14. The van der Waals surface area contributed by atoms with Gasteiger partial charge in [0.15, 0.2) is 0 Å². The summed E-state index contributed by atoms with van der Waals surface area (Å²) in [4.78, 5) is 6.62. The van der Waals surface area contributed by atoms with Gasteiger partial charge in [0, 0.05) is 37.0 Å². The Morgan fingerprint density at radius 2 is 2.15 bits per heavy atom. The van der Waals surface area contributed by atoms with E-state index in [0.717, 1.165) is 31.0 Å². The van der Waals surface area contributed by atoms with Crippen molar-refractivity contribution in [3.05, 3.63) is 47.1 Å². The molecule has 0 aliphatic carbocycles. The van der Waals surface area contributed by atoms with Crippen molar-refractivity contribution in [2.45, 2.75) is 45.7 Å². The minimum Gasteiger partial charge on any atom is -0.361 e. The number of aryl methyl sites for hydroxylation is 2. The molecule has 1 saturated heterocycles. The van der Waals surface area contributed by atoms with Crippen LogP contribution in [0.2, 0.25) is 0 Å². The van der Waals surface area contributed by atoms with E-state index < -0.39 is 0 Å². The predicted molar refractivity (Wildman–Crippen MR) is 77.2 cm³/mol. The van der Waals surface area contributed by atoms with Crippen LogP contribution in [-0.2, 0) is 13.0 Å². The van der Waals surface area contributed by atoms with Crippen molar-refractivity contribution in [3.8, 4) is 0 Å². The van der Waals surface area contributed by atoms with Gasteiger partial charge in [0.05, 0.1) is 5.69 Å². The lowest BCUT2D eigenvalue weighted by Gasteiger charge is -2.24. The van der Waals surface area contributed by atoms with Crippen LogP contribution in [0.5, 0.6) is 0 Å². The number of aromatic nitrogens is 2. The maximum atomic E-state index is 5.47. The van der Waals surface area contributed by atoms with E-state index >= 15 is 0 Å². The van der Waals surface area contributed by atoms with Crippen LogP contribution in [-0.4, -0.2) is 21.6 Å². The molecule has 106 valence electrons. The summed E-state index contributed by atoms with van der Waals surface area (Å²) in [5.41, 5.74) is 3.69. The first kappa shape index (κ1) is 13.3. The highest BCUT2D eigenvalue weighted by molar-refractivity contribution is 5.27. The lowest BCUT2D eigenvalue weighted by atomic mass is 10.0. The SMILES string of the molecule is CCc1onc(C)c1[C@H]1CCCN1Cc1ccncc1. The summed E-state index contributed by atoms with van der Waals surface area (Å²) in [5, 5.41) is 4.16. The molecule has 2 aromatic heterocycles. The van der Waals surface area contributed by atoms with Crippen LogP contribution in [0.1, 0.15) is 48.4 Å². The van der Waals surface area contributed by atoms with Gasteiger partial charge in [-0.1, -0.05) is 12.1 Å². The first-order chi connectivity index (χ1) is 9.79. The van der Waals surface area contributed by atoms with E-state index in [4.69, 9.17) is 4.52 Å². The Hall–Kier alpha value is -1.68. The second-order valence-corrected chi connectivity index (χ2v) is 5.44. The first-order valence-corrected chi connectivity index (χ1v) is 7.37. The van der Waals surface area contributed by atoms with Crippen LogP contribution >= 0.6 is 0 Å². The van der Waals surface area contributed by atoms with Crippen LogP contribution in [0.25, 0.3) is 0 Å². The van der Waals surface area contributed by atoms with Crippen molar-refractivity contribution < 1.29 is 4.52 Å². The predicted octanol–water partition coefficient (Wildman–Crippen LogP) is 3.28. The summed E-state index contributed by atoms with van der Waals surface area (Å²) in [6.07, 6.45) is 7.07. The van der Waals surface area contributed by atoms with Crippen molar-refractivity contribution in [3.63, 3.8) is 0 Å². The molecule has 1 fully saturated rings. The first-order valence-electron chi connectivity index (χ1n) is 7.37.